The van der Waals surface area contributed by atoms with Crippen LogP contribution in [0.5, 0.6) is 5.75 Å². The summed E-state index contributed by atoms with van der Waals surface area (Å²) < 4.78 is 14.3. The van der Waals surface area contributed by atoms with E-state index < -0.39 is 5.82 Å². The molecule has 2 N–H and O–H groups in total. The quantitative estimate of drug-likeness (QED) is 0.812. The van der Waals surface area contributed by atoms with Crippen LogP contribution >= 0.6 is 22.6 Å². The number of anilines is 1. The summed E-state index contributed by atoms with van der Waals surface area (Å²) in [7, 11) is 1.78. The predicted molar refractivity (Wildman–Crippen MR) is 80.7 cm³/mol. The summed E-state index contributed by atoms with van der Waals surface area (Å²) in [6, 6.07) is 4.13. The zero-order chi connectivity index (χ0) is 14.0. The van der Waals surface area contributed by atoms with Crippen LogP contribution in [0.2, 0.25) is 0 Å². The maximum Gasteiger partial charge on any atom is 0.165 e. The minimum Gasteiger partial charge on any atom is -0.505 e. The fourth-order valence-corrected chi connectivity index (χ4v) is 2.56. The first-order valence-corrected chi connectivity index (χ1v) is 6.87. The highest BCUT2D eigenvalue weighted by Crippen LogP contribution is 2.26. The molecule has 0 aliphatic carbocycles. The van der Waals surface area contributed by atoms with Crippen molar-refractivity contribution in [2.24, 2.45) is 0 Å². The SMILES string of the molecule is CCc1nc(-c2ccc(O)c(F)c2)nc(NC)c1I. The molecule has 0 aliphatic rings. The van der Waals surface area contributed by atoms with Crippen molar-refractivity contribution in [2.75, 3.05) is 12.4 Å². The van der Waals surface area contributed by atoms with E-state index in [0.717, 1.165) is 21.5 Å². The standard InChI is InChI=1S/C13H13FIN3O/c1-3-9-11(15)13(16-2)18-12(17-9)7-4-5-10(19)8(14)6-7/h4-6,19H,3H2,1-2H3,(H,16,17,18). The van der Waals surface area contributed by atoms with Gasteiger partial charge in [-0.2, -0.15) is 0 Å². The minimum atomic E-state index is -0.677. The summed E-state index contributed by atoms with van der Waals surface area (Å²) in [4.78, 5) is 8.80. The van der Waals surface area contributed by atoms with Gasteiger partial charge in [-0.05, 0) is 47.2 Å². The van der Waals surface area contributed by atoms with E-state index >= 15 is 0 Å². The maximum absolute atomic E-state index is 13.4. The van der Waals surface area contributed by atoms with Crippen LogP contribution in [0.15, 0.2) is 18.2 Å². The number of benzene rings is 1. The van der Waals surface area contributed by atoms with Crippen LogP contribution in [-0.2, 0) is 6.42 Å². The molecule has 19 heavy (non-hydrogen) atoms. The highest BCUT2D eigenvalue weighted by Gasteiger charge is 2.12. The normalized spacial score (nSPS) is 10.5. The highest BCUT2D eigenvalue weighted by molar-refractivity contribution is 14.1. The number of aromatic nitrogens is 2. The molecular formula is C13H13FIN3O. The molecule has 4 nitrogen and oxygen atoms in total. The van der Waals surface area contributed by atoms with Gasteiger partial charge >= 0.3 is 0 Å². The molecule has 0 saturated carbocycles. The van der Waals surface area contributed by atoms with Gasteiger partial charge < -0.3 is 10.4 Å². The number of nitrogens with one attached hydrogen (secondary N) is 1. The van der Waals surface area contributed by atoms with E-state index in [0.29, 0.717) is 11.4 Å². The Balaban J connectivity index is 2.58. The lowest BCUT2D eigenvalue weighted by Crippen LogP contribution is -2.04. The Kier molecular flexibility index (Phi) is 4.18. The molecular weight excluding hydrogens is 360 g/mol. The van der Waals surface area contributed by atoms with Crippen molar-refractivity contribution < 1.29 is 9.50 Å². The summed E-state index contributed by atoms with van der Waals surface area (Å²) >= 11 is 2.19. The van der Waals surface area contributed by atoms with Gasteiger partial charge in [0.05, 0.1) is 9.26 Å². The molecule has 1 heterocycles. The predicted octanol–water partition coefficient (Wildman–Crippen LogP) is 3.20. The van der Waals surface area contributed by atoms with Crippen molar-refractivity contribution in [3.05, 3.63) is 33.3 Å². The smallest absolute Gasteiger partial charge is 0.165 e. The molecule has 100 valence electrons. The van der Waals surface area contributed by atoms with Crippen LogP contribution in [0, 0.1) is 9.39 Å². The molecule has 1 aromatic heterocycles. The summed E-state index contributed by atoms with van der Waals surface area (Å²) in [5.74, 6) is 0.110. The van der Waals surface area contributed by atoms with Crippen LogP contribution in [0.1, 0.15) is 12.6 Å². The highest BCUT2D eigenvalue weighted by atomic mass is 127. The van der Waals surface area contributed by atoms with Gasteiger partial charge in [0.2, 0.25) is 0 Å². The van der Waals surface area contributed by atoms with E-state index in [1.54, 1.807) is 13.1 Å². The molecule has 0 aliphatic heterocycles. The number of phenols is 1. The lowest BCUT2D eigenvalue weighted by molar-refractivity contribution is 0.432. The first-order chi connectivity index (χ1) is 9.06. The molecule has 0 spiro atoms. The molecule has 0 unspecified atom stereocenters. The second kappa shape index (κ2) is 5.68. The van der Waals surface area contributed by atoms with Gasteiger partial charge in [0.15, 0.2) is 17.4 Å². The zero-order valence-corrected chi connectivity index (χ0v) is 12.7. The Morgan fingerprint density at radius 2 is 2.11 bits per heavy atom. The van der Waals surface area contributed by atoms with Gasteiger partial charge in [-0.15, -0.1) is 0 Å². The van der Waals surface area contributed by atoms with Gasteiger partial charge in [0, 0.05) is 12.6 Å². The number of hydrogen-bond donors (Lipinski definition) is 2. The number of nitrogens with zero attached hydrogens (tertiary/aromatic N) is 2. The van der Waals surface area contributed by atoms with Gasteiger partial charge in [-0.25, -0.2) is 14.4 Å². The Morgan fingerprint density at radius 3 is 2.68 bits per heavy atom. The average molecular weight is 373 g/mol. The van der Waals surface area contributed by atoms with Crippen molar-refractivity contribution in [2.45, 2.75) is 13.3 Å². The zero-order valence-electron chi connectivity index (χ0n) is 10.5. The second-order valence-corrected chi connectivity index (χ2v) is 5.00. The minimum absolute atomic E-state index is 0.376. The Morgan fingerprint density at radius 1 is 1.37 bits per heavy atom. The van der Waals surface area contributed by atoms with Crippen molar-refractivity contribution in [3.63, 3.8) is 0 Å². The molecule has 0 fully saturated rings. The van der Waals surface area contributed by atoms with Crippen molar-refractivity contribution >= 4 is 28.4 Å². The monoisotopic (exact) mass is 373 g/mol. The van der Waals surface area contributed by atoms with Gasteiger partial charge in [-0.1, -0.05) is 6.92 Å². The van der Waals surface area contributed by atoms with Crippen LogP contribution < -0.4 is 5.32 Å². The molecule has 0 bridgehead atoms. The third-order valence-corrected chi connectivity index (χ3v) is 3.83. The molecule has 6 heteroatoms. The molecule has 2 rings (SSSR count). The Hall–Kier alpha value is -1.44. The largest absolute Gasteiger partial charge is 0.505 e. The summed E-state index contributed by atoms with van der Waals surface area (Å²) in [5.41, 5.74) is 1.45. The summed E-state index contributed by atoms with van der Waals surface area (Å²) in [6.07, 6.45) is 0.767. The first kappa shape index (κ1) is 14.0. The molecule has 2 aromatic rings. The van der Waals surface area contributed by atoms with Crippen LogP contribution in [0.3, 0.4) is 0 Å². The third kappa shape index (κ3) is 2.78. The Labute approximate surface area is 124 Å². The van der Waals surface area contributed by atoms with Crippen molar-refractivity contribution in [1.82, 2.24) is 9.97 Å². The van der Waals surface area contributed by atoms with E-state index in [-0.39, 0.29) is 5.75 Å². The molecule has 0 amide bonds. The van der Waals surface area contributed by atoms with Crippen molar-refractivity contribution in [1.29, 1.82) is 0 Å². The van der Waals surface area contributed by atoms with Gasteiger partial charge in [0.1, 0.15) is 5.82 Å². The number of phenolic OH excluding ortho intramolecular Hbond substituents is 1. The number of aryl methyl sites for hydroxylation is 1. The first-order valence-electron chi connectivity index (χ1n) is 5.79. The fourth-order valence-electron chi connectivity index (χ4n) is 1.67. The molecule has 0 radical (unpaired) electrons. The van der Waals surface area contributed by atoms with Gasteiger partial charge in [-0.3, -0.25) is 0 Å². The maximum atomic E-state index is 13.4. The average Bonchev–Trinajstić information content (AvgIpc) is 2.42. The fraction of sp³-hybridized carbons (Fsp3) is 0.231. The molecule has 1 aromatic carbocycles. The molecule has 0 atom stereocenters. The lowest BCUT2D eigenvalue weighted by Gasteiger charge is -2.10. The van der Waals surface area contributed by atoms with Crippen molar-refractivity contribution in [3.8, 4) is 17.1 Å². The van der Waals surface area contributed by atoms with Crippen LogP contribution in [-0.4, -0.2) is 22.1 Å². The molecule has 0 saturated heterocycles. The summed E-state index contributed by atoms with van der Waals surface area (Å²) in [5, 5.41) is 12.2. The van der Waals surface area contributed by atoms with Crippen LogP contribution in [0.25, 0.3) is 11.4 Å². The number of hydrogen-bond acceptors (Lipinski definition) is 4. The number of halogens is 2. The summed E-state index contributed by atoms with van der Waals surface area (Å²) in [6.45, 7) is 2.01. The topological polar surface area (TPSA) is 58.0 Å². The third-order valence-electron chi connectivity index (χ3n) is 2.70. The van der Waals surface area contributed by atoms with E-state index in [2.05, 4.69) is 37.9 Å². The van der Waals surface area contributed by atoms with E-state index in [1.807, 2.05) is 6.92 Å². The van der Waals surface area contributed by atoms with E-state index in [9.17, 15) is 9.50 Å². The second-order valence-electron chi connectivity index (χ2n) is 3.93. The number of aromatic hydroxyl groups is 1. The van der Waals surface area contributed by atoms with Gasteiger partial charge in [0.25, 0.3) is 0 Å². The Bertz CT molecular complexity index is 594. The lowest BCUT2D eigenvalue weighted by atomic mass is 10.2. The number of rotatable bonds is 3. The van der Waals surface area contributed by atoms with E-state index in [1.165, 1.54) is 12.1 Å². The van der Waals surface area contributed by atoms with Crippen LogP contribution in [0.4, 0.5) is 10.2 Å². The van der Waals surface area contributed by atoms with E-state index in [4.69, 9.17) is 0 Å².